The molecule has 0 aliphatic carbocycles. The van der Waals surface area contributed by atoms with Crippen LogP contribution >= 0.6 is 55.8 Å². The third-order valence-corrected chi connectivity index (χ3v) is 25.3. The van der Waals surface area contributed by atoms with E-state index in [0.29, 0.717) is 29.9 Å². The predicted octanol–water partition coefficient (Wildman–Crippen LogP) is 7.72. The minimum atomic E-state index is -4.51. The standard InChI is InChI=1S/C46H44N6O6S6/c1-5-6-17-26-48-39(56)44-27-42(31-22-13-16-25-34(31)51(64(57,58)30-20-11-8-12-21-30)35(42)50(44)36(53)41(48,3)61-62-44)43-28-45-38(55)47(4)40(2,60-63-45)37(54)52(45)46(43,59)49(29-18-9-7-10-19-29)33-24-15-14-23-32(33)43/h7-16,18-25,35,59H,5-6,17,26-28H2,1-4H3/t35-,40-,41-,42-,43+,44-,45-,46-/m0/s1. The number of para-hydroxylation sites is 3. The molecule has 8 atom stereocenters. The van der Waals surface area contributed by atoms with Crippen LogP contribution in [0, 0.1) is 0 Å². The van der Waals surface area contributed by atoms with Crippen molar-refractivity contribution in [3.63, 3.8) is 0 Å². The molecule has 4 amide bonds. The molecule has 8 saturated heterocycles. The second kappa shape index (κ2) is 13.1. The average Bonchev–Trinajstić information content (AvgIpc) is 3.93. The molecule has 64 heavy (non-hydrogen) atoms. The minimum Gasteiger partial charge on any atom is -0.319 e. The summed E-state index contributed by atoms with van der Waals surface area (Å²) in [6.07, 6.45) is 1.11. The molecule has 18 heteroatoms. The normalized spacial score (nSPS) is 36.4. The second-order valence-corrected chi connectivity index (χ2v) is 26.3. The van der Waals surface area contributed by atoms with Gasteiger partial charge in [0.1, 0.15) is 6.17 Å². The second-order valence-electron chi connectivity index (χ2n) is 18.3. The summed E-state index contributed by atoms with van der Waals surface area (Å²) in [6.45, 7) is 6.02. The van der Waals surface area contributed by atoms with E-state index in [-0.39, 0.29) is 41.4 Å². The summed E-state index contributed by atoms with van der Waals surface area (Å²) in [6, 6.07) is 33.1. The molecule has 12 nitrogen and oxygen atoms in total. The molecule has 8 fully saturated rings. The van der Waals surface area contributed by atoms with Crippen LogP contribution < -0.4 is 9.21 Å². The zero-order valence-electron chi connectivity index (χ0n) is 35.3. The number of anilines is 3. The molecular formula is C46H44N6O6S6. The Kier molecular flexibility index (Phi) is 8.52. The molecule has 0 saturated carbocycles. The zero-order valence-corrected chi connectivity index (χ0v) is 40.3. The number of piperazine rings is 2. The number of fused-ring (bicyclic) bond motifs is 11. The Morgan fingerprint density at radius 1 is 0.672 bits per heavy atom. The van der Waals surface area contributed by atoms with E-state index in [4.69, 9.17) is 12.6 Å². The Balaban J connectivity index is 1.24. The molecule has 4 bridgehead atoms. The van der Waals surface area contributed by atoms with E-state index in [2.05, 4.69) is 11.8 Å². The topological polar surface area (TPSA) is 122 Å². The Morgan fingerprint density at radius 3 is 1.98 bits per heavy atom. The lowest BCUT2D eigenvalue weighted by atomic mass is 9.53. The molecule has 14 rings (SSSR count). The molecule has 10 heterocycles. The Hall–Kier alpha value is -3.94. The molecule has 10 aliphatic rings. The predicted molar refractivity (Wildman–Crippen MR) is 256 cm³/mol. The van der Waals surface area contributed by atoms with Gasteiger partial charge in [0, 0.05) is 37.8 Å². The fourth-order valence-corrected chi connectivity index (χ4v) is 22.2. The number of sulfonamides is 1. The summed E-state index contributed by atoms with van der Waals surface area (Å²) in [4.78, 5) is 64.3. The summed E-state index contributed by atoms with van der Waals surface area (Å²) in [5, 5.41) is 0. The molecule has 10 aliphatic heterocycles. The van der Waals surface area contributed by atoms with Crippen molar-refractivity contribution in [2.75, 3.05) is 22.8 Å². The maximum atomic E-state index is 16.0. The van der Waals surface area contributed by atoms with Gasteiger partial charge < -0.3 is 14.7 Å². The van der Waals surface area contributed by atoms with Crippen molar-refractivity contribution in [1.82, 2.24) is 19.6 Å². The van der Waals surface area contributed by atoms with Gasteiger partial charge in [-0.1, -0.05) is 136 Å². The molecule has 0 unspecified atom stereocenters. The molecule has 0 radical (unpaired) electrons. The summed E-state index contributed by atoms with van der Waals surface area (Å²) < 4.78 is 33.1. The van der Waals surface area contributed by atoms with Crippen LogP contribution in [0.15, 0.2) is 114 Å². The van der Waals surface area contributed by atoms with Crippen LogP contribution in [0.25, 0.3) is 0 Å². The maximum absolute atomic E-state index is 16.0. The number of thiol groups is 1. The molecular weight excluding hydrogens is 925 g/mol. The van der Waals surface area contributed by atoms with Crippen molar-refractivity contribution in [3.8, 4) is 0 Å². The van der Waals surface area contributed by atoms with Crippen molar-refractivity contribution >= 4 is 107 Å². The summed E-state index contributed by atoms with van der Waals surface area (Å²) in [5.74, 6) is -1.17. The first-order valence-electron chi connectivity index (χ1n) is 21.5. The van der Waals surface area contributed by atoms with Crippen LogP contribution in [0.4, 0.5) is 17.1 Å². The lowest BCUT2D eigenvalue weighted by Crippen LogP contribution is -2.78. The number of carbonyl (C=O) groups is 4. The Labute approximate surface area is 393 Å². The van der Waals surface area contributed by atoms with Gasteiger partial charge in [-0.05, 0) is 67.8 Å². The van der Waals surface area contributed by atoms with Gasteiger partial charge >= 0.3 is 0 Å². The number of carbonyl (C=O) groups excluding carboxylic acids is 4. The van der Waals surface area contributed by atoms with Gasteiger partial charge in [0.15, 0.2) is 24.5 Å². The number of amides is 4. The van der Waals surface area contributed by atoms with Crippen LogP contribution in [0.5, 0.6) is 0 Å². The number of likely N-dealkylation sites (N-methyl/N-ethyl adjacent to an activating group) is 1. The van der Waals surface area contributed by atoms with Gasteiger partial charge in [-0.3, -0.25) is 29.0 Å². The first-order valence-corrected chi connectivity index (χ1v) is 27.7. The largest absolute Gasteiger partial charge is 0.319 e. The summed E-state index contributed by atoms with van der Waals surface area (Å²) in [7, 11) is 2.56. The average molecular weight is 969 g/mol. The SMILES string of the molecule is CCCCCN1C(=O)[C@@]23C[C@]4([C@]56C[C@@]78SS[C@@](C)(C(=O)N7[C@@]5(S)N(c5ccccc5)c5ccccc56)N(C)C8=O)c5ccccc5N(S(=O)(=O)c5ccccc5)[C@@H]4N2C(=O)[C@]1(C)SS3. The van der Waals surface area contributed by atoms with Crippen LogP contribution in [0.1, 0.15) is 64.0 Å². The third-order valence-electron chi connectivity index (χ3n) is 15.4. The maximum Gasteiger partial charge on any atom is 0.266 e. The highest BCUT2D eigenvalue weighted by atomic mass is 33.1. The highest BCUT2D eigenvalue weighted by molar-refractivity contribution is 8.78. The van der Waals surface area contributed by atoms with Gasteiger partial charge in [0.2, 0.25) is 0 Å². The number of unbranched alkanes of at least 4 members (excludes halogenated alkanes) is 2. The third kappa shape index (κ3) is 4.33. The number of rotatable bonds is 8. The van der Waals surface area contributed by atoms with Crippen molar-refractivity contribution in [3.05, 3.63) is 120 Å². The molecule has 2 spiro atoms. The fraction of sp³-hybridized carbons (Fsp3) is 0.391. The molecule has 0 N–H and O–H groups in total. The summed E-state index contributed by atoms with van der Waals surface area (Å²) in [5.41, 5.74) is 0.108. The van der Waals surface area contributed by atoms with E-state index in [0.717, 1.165) is 24.1 Å². The quantitative estimate of drug-likeness (QED) is 0.106. The van der Waals surface area contributed by atoms with Gasteiger partial charge in [0.25, 0.3) is 33.7 Å². The van der Waals surface area contributed by atoms with Gasteiger partial charge in [-0.25, -0.2) is 12.7 Å². The van der Waals surface area contributed by atoms with Crippen LogP contribution in [-0.4, -0.2) is 95.9 Å². The zero-order chi connectivity index (χ0) is 44.6. The van der Waals surface area contributed by atoms with Crippen LogP contribution in [0.2, 0.25) is 0 Å². The van der Waals surface area contributed by atoms with Gasteiger partial charge in [-0.2, -0.15) is 0 Å². The lowest BCUT2D eigenvalue weighted by molar-refractivity contribution is -0.165. The van der Waals surface area contributed by atoms with E-state index in [9.17, 15) is 0 Å². The monoisotopic (exact) mass is 968 g/mol. The fourth-order valence-electron chi connectivity index (χ4n) is 12.6. The number of nitrogens with zero attached hydrogens (tertiary/aromatic N) is 6. The van der Waals surface area contributed by atoms with Gasteiger partial charge in [-0.15, -0.1) is 12.6 Å². The first kappa shape index (κ1) is 41.5. The van der Waals surface area contributed by atoms with Crippen LogP contribution in [-0.2, 0) is 40.0 Å². The van der Waals surface area contributed by atoms with E-state index in [1.165, 1.54) is 47.5 Å². The molecule has 0 aromatic heterocycles. The van der Waals surface area contributed by atoms with Crippen molar-refractivity contribution < 1.29 is 27.6 Å². The van der Waals surface area contributed by atoms with Crippen molar-refractivity contribution in [1.29, 1.82) is 0 Å². The van der Waals surface area contributed by atoms with Crippen molar-refractivity contribution in [2.45, 2.75) is 99.2 Å². The molecule has 4 aromatic carbocycles. The van der Waals surface area contributed by atoms with E-state index in [1.807, 2.05) is 66.7 Å². The van der Waals surface area contributed by atoms with Crippen molar-refractivity contribution in [2.24, 2.45) is 0 Å². The smallest absolute Gasteiger partial charge is 0.266 e. The Morgan fingerprint density at radius 2 is 1.28 bits per heavy atom. The molecule has 4 aromatic rings. The van der Waals surface area contributed by atoms with E-state index < -0.39 is 51.5 Å². The highest BCUT2D eigenvalue weighted by Gasteiger charge is 2.92. The highest BCUT2D eigenvalue weighted by Crippen LogP contribution is 2.83. The summed E-state index contributed by atoms with van der Waals surface area (Å²) >= 11 is 6.00. The number of hydrogen-bond acceptors (Lipinski definition) is 12. The lowest BCUT2D eigenvalue weighted by Gasteiger charge is -2.61. The van der Waals surface area contributed by atoms with Gasteiger partial charge in [0.05, 0.1) is 21.4 Å². The molecule has 330 valence electrons. The van der Waals surface area contributed by atoms with E-state index in [1.54, 1.807) is 83.0 Å². The first-order chi connectivity index (χ1) is 30.6. The Bertz CT molecular complexity index is 2880. The van der Waals surface area contributed by atoms with Crippen LogP contribution in [0.3, 0.4) is 0 Å². The number of hydrogen-bond donors (Lipinski definition) is 1. The number of benzene rings is 4. The minimum absolute atomic E-state index is 0.00183. The van der Waals surface area contributed by atoms with E-state index >= 15 is 27.6 Å².